The summed E-state index contributed by atoms with van der Waals surface area (Å²) in [5.41, 5.74) is 4.25. The maximum absolute atomic E-state index is 13.1. The van der Waals surface area contributed by atoms with Gasteiger partial charge in [0.25, 0.3) is 5.91 Å². The van der Waals surface area contributed by atoms with E-state index in [0.29, 0.717) is 12.4 Å². The van der Waals surface area contributed by atoms with E-state index in [9.17, 15) is 17.6 Å². The highest BCUT2D eigenvalue weighted by atomic mass is 32.2. The van der Waals surface area contributed by atoms with E-state index >= 15 is 0 Å². The highest BCUT2D eigenvalue weighted by Gasteiger charge is 2.20. The van der Waals surface area contributed by atoms with Gasteiger partial charge in [0.05, 0.1) is 18.2 Å². The fraction of sp³-hybridized carbons (Fsp3) is 0.130. The van der Waals surface area contributed by atoms with Crippen molar-refractivity contribution in [2.45, 2.75) is 6.61 Å². The quantitative estimate of drug-likeness (QED) is 0.396. The Bertz CT molecular complexity index is 1170. The van der Waals surface area contributed by atoms with Crippen molar-refractivity contribution in [3.63, 3.8) is 0 Å². The summed E-state index contributed by atoms with van der Waals surface area (Å²) < 4.78 is 43.7. The molecule has 0 aromatic heterocycles. The fourth-order valence-electron chi connectivity index (χ4n) is 2.74. The van der Waals surface area contributed by atoms with E-state index in [1.165, 1.54) is 18.3 Å². The summed E-state index contributed by atoms with van der Waals surface area (Å²) in [5.74, 6) is -0.454. The number of hydrogen-bond donors (Lipinski definition) is 1. The number of hydrogen-bond acceptors (Lipinski definition) is 5. The van der Waals surface area contributed by atoms with Gasteiger partial charge >= 0.3 is 0 Å². The summed E-state index contributed by atoms with van der Waals surface area (Å²) in [7, 11) is -3.75. The highest BCUT2D eigenvalue weighted by Crippen LogP contribution is 2.17. The zero-order valence-corrected chi connectivity index (χ0v) is 18.1. The van der Waals surface area contributed by atoms with E-state index in [1.807, 2.05) is 30.3 Å². The molecule has 32 heavy (non-hydrogen) atoms. The largest absolute Gasteiger partial charge is 0.489 e. The minimum atomic E-state index is -3.75. The van der Waals surface area contributed by atoms with Gasteiger partial charge in [0.15, 0.2) is 0 Å². The van der Waals surface area contributed by atoms with Crippen molar-refractivity contribution in [3.05, 3.63) is 95.8 Å². The molecular weight excluding hydrogens is 433 g/mol. The molecule has 0 heterocycles. The second kappa shape index (κ2) is 10.5. The minimum absolute atomic E-state index is 0.180. The van der Waals surface area contributed by atoms with Crippen LogP contribution in [0, 0.1) is 5.82 Å². The summed E-state index contributed by atoms with van der Waals surface area (Å²) in [6, 6.07) is 21.7. The van der Waals surface area contributed by atoms with E-state index < -0.39 is 28.3 Å². The average Bonchev–Trinajstić information content (AvgIpc) is 2.78. The van der Waals surface area contributed by atoms with Crippen LogP contribution < -0.4 is 14.5 Å². The number of amides is 1. The first kappa shape index (κ1) is 23.0. The van der Waals surface area contributed by atoms with Gasteiger partial charge in [-0.3, -0.25) is 9.10 Å². The van der Waals surface area contributed by atoms with Crippen molar-refractivity contribution < 1.29 is 22.3 Å². The first-order chi connectivity index (χ1) is 15.3. The first-order valence-electron chi connectivity index (χ1n) is 9.63. The molecule has 3 rings (SSSR count). The Hall–Kier alpha value is -3.72. The zero-order valence-electron chi connectivity index (χ0n) is 17.3. The molecule has 0 radical (unpaired) electrons. The third-order valence-electron chi connectivity index (χ3n) is 4.33. The number of anilines is 1. The lowest BCUT2D eigenvalue weighted by atomic mass is 10.2. The number of halogens is 1. The van der Waals surface area contributed by atoms with Crippen LogP contribution >= 0.6 is 0 Å². The van der Waals surface area contributed by atoms with Gasteiger partial charge in [-0.05, 0) is 59.7 Å². The molecular formula is C23H22FN3O4S. The summed E-state index contributed by atoms with van der Waals surface area (Å²) in [6.45, 7) is -0.0384. The normalized spacial score (nSPS) is 11.3. The molecule has 3 aromatic rings. The highest BCUT2D eigenvalue weighted by molar-refractivity contribution is 7.92. The summed E-state index contributed by atoms with van der Waals surface area (Å²) in [4.78, 5) is 12.2. The number of ether oxygens (including phenoxy) is 1. The number of carbonyl (C=O) groups excluding carboxylic acids is 1. The molecule has 3 aromatic carbocycles. The van der Waals surface area contributed by atoms with Crippen LogP contribution in [-0.4, -0.2) is 33.3 Å². The molecule has 0 aliphatic heterocycles. The molecule has 9 heteroatoms. The predicted octanol–water partition coefficient (Wildman–Crippen LogP) is 3.32. The van der Waals surface area contributed by atoms with Gasteiger partial charge in [0.2, 0.25) is 10.0 Å². The van der Waals surface area contributed by atoms with Crippen LogP contribution in [0.25, 0.3) is 0 Å². The number of nitrogens with one attached hydrogen (secondary N) is 1. The van der Waals surface area contributed by atoms with E-state index in [1.54, 1.807) is 24.3 Å². The van der Waals surface area contributed by atoms with Crippen molar-refractivity contribution in [1.82, 2.24) is 5.43 Å². The Morgan fingerprint density at radius 3 is 2.31 bits per heavy atom. The monoisotopic (exact) mass is 455 g/mol. The predicted molar refractivity (Wildman–Crippen MR) is 122 cm³/mol. The molecule has 0 bridgehead atoms. The Morgan fingerprint density at radius 1 is 1.03 bits per heavy atom. The second-order valence-corrected chi connectivity index (χ2v) is 8.79. The Balaban J connectivity index is 1.54. The Morgan fingerprint density at radius 2 is 1.69 bits per heavy atom. The van der Waals surface area contributed by atoms with Crippen LogP contribution in [0.4, 0.5) is 10.1 Å². The first-order valence-corrected chi connectivity index (χ1v) is 11.5. The molecule has 1 N–H and O–H groups in total. The summed E-state index contributed by atoms with van der Waals surface area (Å²) in [6.07, 6.45) is 2.40. The number of benzene rings is 3. The Labute approximate surface area is 186 Å². The minimum Gasteiger partial charge on any atom is -0.489 e. The number of carbonyl (C=O) groups is 1. The molecule has 0 aliphatic rings. The third-order valence-corrected chi connectivity index (χ3v) is 5.47. The molecule has 0 atom stereocenters. The molecule has 0 aliphatic carbocycles. The van der Waals surface area contributed by atoms with Gasteiger partial charge in [-0.15, -0.1) is 0 Å². The molecule has 7 nitrogen and oxygen atoms in total. The molecule has 0 unspecified atom stereocenters. The summed E-state index contributed by atoms with van der Waals surface area (Å²) in [5, 5.41) is 3.86. The zero-order chi connectivity index (χ0) is 23.0. The van der Waals surface area contributed by atoms with Gasteiger partial charge in [0, 0.05) is 0 Å². The van der Waals surface area contributed by atoms with E-state index in [-0.39, 0.29) is 5.69 Å². The number of sulfonamides is 1. The third kappa shape index (κ3) is 6.92. The number of nitrogens with zero attached hydrogens (tertiary/aromatic N) is 2. The molecule has 0 spiro atoms. The van der Waals surface area contributed by atoms with Crippen LogP contribution in [0.2, 0.25) is 0 Å². The molecule has 1 amide bonds. The Kier molecular flexibility index (Phi) is 7.56. The van der Waals surface area contributed by atoms with Gasteiger partial charge in [-0.2, -0.15) is 5.10 Å². The van der Waals surface area contributed by atoms with Crippen LogP contribution in [0.15, 0.2) is 84.0 Å². The van der Waals surface area contributed by atoms with Crippen LogP contribution in [0.5, 0.6) is 5.75 Å². The molecule has 0 saturated heterocycles. The van der Waals surface area contributed by atoms with Crippen LogP contribution in [-0.2, 0) is 21.4 Å². The maximum atomic E-state index is 13.1. The SMILES string of the molecule is CS(=O)(=O)N(CC(=O)N/N=C\c1ccc(OCc2ccccc2)cc1)c1ccc(F)cc1. The molecule has 0 saturated carbocycles. The molecule has 0 fully saturated rings. The lowest BCUT2D eigenvalue weighted by molar-refractivity contribution is -0.119. The van der Waals surface area contributed by atoms with Crippen molar-refractivity contribution in [2.75, 3.05) is 17.1 Å². The van der Waals surface area contributed by atoms with Gasteiger partial charge in [-0.25, -0.2) is 18.2 Å². The summed E-state index contributed by atoms with van der Waals surface area (Å²) >= 11 is 0. The maximum Gasteiger partial charge on any atom is 0.260 e. The second-order valence-electron chi connectivity index (χ2n) is 6.88. The molecule has 166 valence electrons. The number of hydrazone groups is 1. The van der Waals surface area contributed by atoms with E-state index in [2.05, 4.69) is 10.5 Å². The van der Waals surface area contributed by atoms with Crippen molar-refractivity contribution >= 4 is 27.8 Å². The fourth-order valence-corrected chi connectivity index (χ4v) is 3.60. The van der Waals surface area contributed by atoms with E-state index in [4.69, 9.17) is 4.74 Å². The standard InChI is InChI=1S/C23H22FN3O4S/c1-32(29,30)27(21-11-9-20(24)10-12-21)16-23(28)26-25-15-18-7-13-22(14-8-18)31-17-19-5-3-2-4-6-19/h2-15H,16-17H2,1H3,(H,26,28)/b25-15-. The van der Waals surface area contributed by atoms with Crippen molar-refractivity contribution in [2.24, 2.45) is 5.10 Å². The van der Waals surface area contributed by atoms with E-state index in [0.717, 1.165) is 33.8 Å². The lowest BCUT2D eigenvalue weighted by Crippen LogP contribution is -2.39. The van der Waals surface area contributed by atoms with Gasteiger partial charge < -0.3 is 4.74 Å². The van der Waals surface area contributed by atoms with Crippen molar-refractivity contribution in [1.29, 1.82) is 0 Å². The smallest absolute Gasteiger partial charge is 0.260 e. The topological polar surface area (TPSA) is 88.1 Å². The number of rotatable bonds is 9. The van der Waals surface area contributed by atoms with Gasteiger partial charge in [-0.1, -0.05) is 30.3 Å². The van der Waals surface area contributed by atoms with Gasteiger partial charge in [0.1, 0.15) is 24.7 Å². The average molecular weight is 456 g/mol. The van der Waals surface area contributed by atoms with Crippen molar-refractivity contribution in [3.8, 4) is 5.75 Å². The van der Waals surface area contributed by atoms with Crippen LogP contribution in [0.1, 0.15) is 11.1 Å². The van der Waals surface area contributed by atoms with Crippen LogP contribution in [0.3, 0.4) is 0 Å². The lowest BCUT2D eigenvalue weighted by Gasteiger charge is -2.21.